The van der Waals surface area contributed by atoms with Gasteiger partial charge in [0.05, 0.1) is 5.69 Å². The second-order valence-electron chi connectivity index (χ2n) is 4.76. The van der Waals surface area contributed by atoms with Crippen molar-refractivity contribution in [3.63, 3.8) is 0 Å². The fraction of sp³-hybridized carbons (Fsp3) is 0.417. The summed E-state index contributed by atoms with van der Waals surface area (Å²) in [6, 6.07) is 1.29. The minimum atomic E-state index is -4.09. The first-order valence-electron chi connectivity index (χ1n) is 5.99. The molecule has 1 saturated carbocycles. The van der Waals surface area contributed by atoms with Gasteiger partial charge in [-0.15, -0.1) is 0 Å². The van der Waals surface area contributed by atoms with E-state index in [9.17, 15) is 31.9 Å². The van der Waals surface area contributed by atoms with Crippen molar-refractivity contribution >= 4 is 11.6 Å². The number of halogens is 5. The van der Waals surface area contributed by atoms with Gasteiger partial charge in [-0.3, -0.25) is 15.6 Å². The number of amides is 1. The van der Waals surface area contributed by atoms with Crippen LogP contribution in [-0.2, 0) is 4.79 Å². The van der Waals surface area contributed by atoms with Gasteiger partial charge >= 0.3 is 11.8 Å². The normalized spacial score (nSPS) is 17.0. The predicted molar refractivity (Wildman–Crippen MR) is 61.8 cm³/mol. The Kier molecular flexibility index (Phi) is 3.79. The third-order valence-corrected chi connectivity index (χ3v) is 3.40. The van der Waals surface area contributed by atoms with Crippen LogP contribution in [-0.4, -0.2) is 22.5 Å². The summed E-state index contributed by atoms with van der Waals surface area (Å²) in [7, 11) is 0. The number of carbonyl (C=O) groups is 1. The molecule has 0 atom stereocenters. The highest BCUT2D eigenvalue weighted by Gasteiger charge is 2.61. The maximum atomic E-state index is 13.7. The van der Waals surface area contributed by atoms with Crippen LogP contribution in [0.2, 0.25) is 0 Å². The van der Waals surface area contributed by atoms with Crippen LogP contribution >= 0.6 is 0 Å². The quantitative estimate of drug-likeness (QED) is 0.453. The Hall–Kier alpha value is -1.90. The Morgan fingerprint density at radius 2 is 1.81 bits per heavy atom. The van der Waals surface area contributed by atoms with E-state index < -0.39 is 40.6 Å². The van der Waals surface area contributed by atoms with Crippen LogP contribution in [0.5, 0.6) is 0 Å². The molecule has 0 bridgehead atoms. The smallest absolute Gasteiger partial charge is 0.354 e. The number of nitrogens with one attached hydrogen (secondary N) is 2. The monoisotopic (exact) mass is 310 g/mol. The molecule has 1 aliphatic rings. The molecular weight excluding hydrogens is 299 g/mol. The molecule has 1 aromatic carbocycles. The molecule has 0 radical (unpaired) electrons. The molecule has 0 saturated heterocycles. The summed E-state index contributed by atoms with van der Waals surface area (Å²) < 4.78 is 66.2. The fourth-order valence-electron chi connectivity index (χ4n) is 1.86. The Bertz CT molecular complexity index is 575. The summed E-state index contributed by atoms with van der Waals surface area (Å²) in [5.74, 6) is -10.9. The highest BCUT2D eigenvalue weighted by Crippen LogP contribution is 2.44. The lowest BCUT2D eigenvalue weighted by atomic mass is 9.75. The van der Waals surface area contributed by atoms with Gasteiger partial charge in [-0.2, -0.15) is 8.78 Å². The third-order valence-electron chi connectivity index (χ3n) is 3.40. The first-order chi connectivity index (χ1) is 9.69. The molecule has 21 heavy (non-hydrogen) atoms. The molecular formula is C12H11F5N2O2. The molecule has 1 aliphatic carbocycles. The Morgan fingerprint density at radius 3 is 2.33 bits per heavy atom. The Morgan fingerprint density at radius 1 is 1.19 bits per heavy atom. The van der Waals surface area contributed by atoms with Gasteiger partial charge in [-0.05, 0) is 31.4 Å². The number of aliphatic hydroxyl groups is 1. The number of hydrogen-bond acceptors (Lipinski definition) is 3. The van der Waals surface area contributed by atoms with E-state index in [2.05, 4.69) is 0 Å². The average Bonchev–Trinajstić information content (AvgIpc) is 2.40. The van der Waals surface area contributed by atoms with Crippen LogP contribution in [0.1, 0.15) is 19.3 Å². The summed E-state index contributed by atoms with van der Waals surface area (Å²) >= 11 is 0. The zero-order valence-electron chi connectivity index (χ0n) is 10.5. The van der Waals surface area contributed by atoms with E-state index in [1.54, 1.807) is 5.43 Å². The maximum absolute atomic E-state index is 13.7. The molecule has 0 aliphatic heterocycles. The summed E-state index contributed by atoms with van der Waals surface area (Å²) in [5, 5.41) is 9.52. The number of benzene rings is 1. The lowest BCUT2D eigenvalue weighted by Crippen LogP contribution is -2.61. The zero-order chi connectivity index (χ0) is 15.8. The number of carbonyl (C=O) groups excluding carboxylic acids is 1. The molecule has 3 N–H and O–H groups in total. The van der Waals surface area contributed by atoms with Gasteiger partial charge in [-0.1, -0.05) is 0 Å². The van der Waals surface area contributed by atoms with Gasteiger partial charge in [0.1, 0.15) is 5.60 Å². The molecule has 116 valence electrons. The largest absolute Gasteiger partial charge is 0.383 e. The zero-order valence-corrected chi connectivity index (χ0v) is 10.5. The number of alkyl halides is 2. The van der Waals surface area contributed by atoms with Crippen molar-refractivity contribution in [3.05, 3.63) is 29.6 Å². The van der Waals surface area contributed by atoms with Crippen molar-refractivity contribution < 1.29 is 31.9 Å². The van der Waals surface area contributed by atoms with Gasteiger partial charge < -0.3 is 5.11 Å². The lowest BCUT2D eigenvalue weighted by Gasteiger charge is -2.41. The first-order valence-corrected chi connectivity index (χ1v) is 5.99. The molecule has 1 fully saturated rings. The fourth-order valence-corrected chi connectivity index (χ4v) is 1.86. The Balaban J connectivity index is 2.06. The van der Waals surface area contributed by atoms with Crippen molar-refractivity contribution in [2.45, 2.75) is 30.8 Å². The van der Waals surface area contributed by atoms with Crippen molar-refractivity contribution in [1.82, 2.24) is 5.43 Å². The lowest BCUT2D eigenvalue weighted by molar-refractivity contribution is -0.215. The highest BCUT2D eigenvalue weighted by atomic mass is 19.3. The SMILES string of the molecule is O=C(NNc1ccc(F)c(F)c1F)C(F)(F)C1(O)CCC1. The molecule has 1 amide bonds. The summed E-state index contributed by atoms with van der Waals surface area (Å²) in [5.41, 5.74) is 0.0452. The molecule has 2 rings (SSSR count). The predicted octanol–water partition coefficient (Wildman–Crippen LogP) is 2.10. The molecule has 0 aromatic heterocycles. The van der Waals surface area contributed by atoms with E-state index in [0.717, 1.165) is 6.07 Å². The summed E-state index contributed by atoms with van der Waals surface area (Å²) in [6.07, 6.45) is -0.134. The number of rotatable bonds is 4. The minimum absolute atomic E-state index is 0.243. The first kappa shape index (κ1) is 15.5. The van der Waals surface area contributed by atoms with E-state index in [-0.39, 0.29) is 12.8 Å². The van der Waals surface area contributed by atoms with E-state index in [0.29, 0.717) is 12.5 Å². The van der Waals surface area contributed by atoms with Gasteiger partial charge in [-0.25, -0.2) is 13.2 Å². The van der Waals surface area contributed by atoms with Crippen LogP contribution < -0.4 is 10.9 Å². The Labute approximate surface area is 115 Å². The van der Waals surface area contributed by atoms with E-state index in [1.807, 2.05) is 0 Å². The third kappa shape index (κ3) is 2.53. The molecule has 1 aromatic rings. The van der Waals surface area contributed by atoms with E-state index in [1.165, 1.54) is 5.43 Å². The van der Waals surface area contributed by atoms with Crippen LogP contribution in [0, 0.1) is 17.5 Å². The molecule has 4 nitrogen and oxygen atoms in total. The minimum Gasteiger partial charge on any atom is -0.383 e. The van der Waals surface area contributed by atoms with Gasteiger partial charge in [0.15, 0.2) is 17.5 Å². The van der Waals surface area contributed by atoms with Crippen molar-refractivity contribution in [2.24, 2.45) is 0 Å². The second-order valence-corrected chi connectivity index (χ2v) is 4.76. The van der Waals surface area contributed by atoms with Crippen LogP contribution in [0.15, 0.2) is 12.1 Å². The van der Waals surface area contributed by atoms with Crippen LogP contribution in [0.4, 0.5) is 27.6 Å². The number of anilines is 1. The number of hydrazine groups is 1. The van der Waals surface area contributed by atoms with Gasteiger partial charge in [0.2, 0.25) is 0 Å². The van der Waals surface area contributed by atoms with Crippen LogP contribution in [0.25, 0.3) is 0 Å². The van der Waals surface area contributed by atoms with E-state index in [4.69, 9.17) is 0 Å². The second kappa shape index (κ2) is 5.14. The molecule has 0 spiro atoms. The molecule has 0 unspecified atom stereocenters. The molecule has 9 heteroatoms. The average molecular weight is 310 g/mol. The highest BCUT2D eigenvalue weighted by molar-refractivity contribution is 5.86. The van der Waals surface area contributed by atoms with E-state index >= 15 is 0 Å². The summed E-state index contributed by atoms with van der Waals surface area (Å²) in [6.45, 7) is 0. The summed E-state index contributed by atoms with van der Waals surface area (Å²) in [4.78, 5) is 11.4. The van der Waals surface area contributed by atoms with Gasteiger partial charge in [0.25, 0.3) is 0 Å². The van der Waals surface area contributed by atoms with Crippen molar-refractivity contribution in [1.29, 1.82) is 0 Å². The van der Waals surface area contributed by atoms with Crippen molar-refractivity contribution in [3.8, 4) is 0 Å². The maximum Gasteiger partial charge on any atom is 0.354 e. The topological polar surface area (TPSA) is 61.4 Å². The number of hydrogen-bond donors (Lipinski definition) is 3. The van der Waals surface area contributed by atoms with Crippen LogP contribution in [0.3, 0.4) is 0 Å². The molecule has 0 heterocycles. The van der Waals surface area contributed by atoms with Crippen molar-refractivity contribution in [2.75, 3.05) is 5.43 Å². The standard InChI is InChI=1S/C12H11F5N2O2/c13-6-2-3-7(9(15)8(6)14)18-19-10(20)12(16,17)11(21)4-1-5-11/h2-3,18,21H,1,4-5H2,(H,19,20). The van der Waals surface area contributed by atoms with Gasteiger partial charge in [0, 0.05) is 0 Å².